The number of benzene rings is 2. The molecule has 0 aliphatic carbocycles. The van der Waals surface area contributed by atoms with Gasteiger partial charge in [0.25, 0.3) is 0 Å². The average Bonchev–Trinajstić information content (AvgIpc) is 2.47. The van der Waals surface area contributed by atoms with E-state index in [0.717, 1.165) is 29.7 Å². The molecule has 0 fully saturated rings. The summed E-state index contributed by atoms with van der Waals surface area (Å²) >= 11 is 3.49. The van der Waals surface area contributed by atoms with Crippen LogP contribution < -0.4 is 10.1 Å². The molecule has 2 aromatic rings. The van der Waals surface area contributed by atoms with E-state index in [0.29, 0.717) is 6.61 Å². The molecule has 0 amide bonds. The minimum atomic E-state index is 0.588. The Labute approximate surface area is 129 Å². The van der Waals surface area contributed by atoms with Gasteiger partial charge in [0.15, 0.2) is 0 Å². The van der Waals surface area contributed by atoms with Crippen molar-refractivity contribution < 1.29 is 4.74 Å². The highest BCUT2D eigenvalue weighted by molar-refractivity contribution is 9.10. The summed E-state index contributed by atoms with van der Waals surface area (Å²) in [6.45, 7) is 4.73. The zero-order chi connectivity index (χ0) is 14.2. The van der Waals surface area contributed by atoms with Gasteiger partial charge in [0.05, 0.1) is 4.47 Å². The van der Waals surface area contributed by atoms with Crippen molar-refractivity contribution in [3.05, 3.63) is 64.1 Å². The van der Waals surface area contributed by atoms with Crippen molar-refractivity contribution in [1.82, 2.24) is 5.32 Å². The summed E-state index contributed by atoms with van der Waals surface area (Å²) < 4.78 is 6.82. The van der Waals surface area contributed by atoms with Gasteiger partial charge in [-0.25, -0.2) is 0 Å². The summed E-state index contributed by atoms with van der Waals surface area (Å²) in [5.74, 6) is 0.877. The monoisotopic (exact) mass is 333 g/mol. The van der Waals surface area contributed by atoms with Crippen LogP contribution in [0.1, 0.15) is 24.5 Å². The second-order valence-electron chi connectivity index (χ2n) is 4.72. The van der Waals surface area contributed by atoms with Crippen molar-refractivity contribution in [2.45, 2.75) is 26.5 Å². The largest absolute Gasteiger partial charge is 0.488 e. The van der Waals surface area contributed by atoms with Crippen molar-refractivity contribution in [1.29, 1.82) is 0 Å². The van der Waals surface area contributed by atoms with E-state index in [2.05, 4.69) is 52.4 Å². The molecule has 106 valence electrons. The van der Waals surface area contributed by atoms with Gasteiger partial charge in [0, 0.05) is 6.54 Å². The van der Waals surface area contributed by atoms with E-state index in [1.165, 1.54) is 11.1 Å². The van der Waals surface area contributed by atoms with Crippen molar-refractivity contribution in [3.8, 4) is 5.75 Å². The van der Waals surface area contributed by atoms with Gasteiger partial charge in [-0.05, 0) is 52.2 Å². The molecule has 2 aromatic carbocycles. The maximum atomic E-state index is 5.84. The molecule has 1 N–H and O–H groups in total. The van der Waals surface area contributed by atoms with Crippen molar-refractivity contribution in [2.24, 2.45) is 0 Å². The van der Waals surface area contributed by atoms with Crippen LogP contribution in [0, 0.1) is 0 Å². The normalized spacial score (nSPS) is 10.5. The fraction of sp³-hybridized carbons (Fsp3) is 0.294. The highest BCUT2D eigenvalue weighted by atomic mass is 79.9. The van der Waals surface area contributed by atoms with Gasteiger partial charge in [0.1, 0.15) is 12.4 Å². The quantitative estimate of drug-likeness (QED) is 0.751. The van der Waals surface area contributed by atoms with Crippen LogP contribution in [0.15, 0.2) is 53.0 Å². The van der Waals surface area contributed by atoms with Crippen LogP contribution in [0.2, 0.25) is 0 Å². The van der Waals surface area contributed by atoms with Crippen molar-refractivity contribution in [2.75, 3.05) is 6.54 Å². The molecular formula is C17H20BrNO. The molecule has 2 nitrogen and oxygen atoms in total. The SMILES string of the molecule is CCCNCc1cccc(COc2ccccc2Br)c1. The van der Waals surface area contributed by atoms with E-state index in [9.17, 15) is 0 Å². The van der Waals surface area contributed by atoms with Crippen LogP contribution >= 0.6 is 15.9 Å². The summed E-state index contributed by atoms with van der Waals surface area (Å²) in [7, 11) is 0. The van der Waals surface area contributed by atoms with Gasteiger partial charge in [-0.1, -0.05) is 43.3 Å². The number of halogens is 1. The third-order valence-electron chi connectivity index (χ3n) is 2.98. The number of hydrogen-bond acceptors (Lipinski definition) is 2. The summed E-state index contributed by atoms with van der Waals surface area (Å²) in [6.07, 6.45) is 1.16. The van der Waals surface area contributed by atoms with Crippen LogP contribution in [0.5, 0.6) is 5.75 Å². The van der Waals surface area contributed by atoms with Gasteiger partial charge in [0.2, 0.25) is 0 Å². The molecule has 0 bridgehead atoms. The van der Waals surface area contributed by atoms with Crippen LogP contribution in [0.25, 0.3) is 0 Å². The van der Waals surface area contributed by atoms with Gasteiger partial charge >= 0.3 is 0 Å². The first kappa shape index (κ1) is 15.1. The Morgan fingerprint density at radius 3 is 2.65 bits per heavy atom. The first-order chi connectivity index (χ1) is 9.79. The lowest BCUT2D eigenvalue weighted by Gasteiger charge is -2.09. The predicted molar refractivity (Wildman–Crippen MR) is 86.9 cm³/mol. The molecule has 0 heterocycles. The van der Waals surface area contributed by atoms with Crippen LogP contribution in [-0.2, 0) is 13.2 Å². The number of nitrogens with one attached hydrogen (secondary N) is 1. The molecule has 20 heavy (non-hydrogen) atoms. The van der Waals surface area contributed by atoms with E-state index < -0.39 is 0 Å². The number of para-hydroxylation sites is 1. The Hall–Kier alpha value is -1.32. The van der Waals surface area contributed by atoms with Crippen LogP contribution in [-0.4, -0.2) is 6.54 Å². The molecule has 2 rings (SSSR count). The lowest BCUT2D eigenvalue weighted by Crippen LogP contribution is -2.13. The van der Waals surface area contributed by atoms with E-state index in [1.54, 1.807) is 0 Å². The van der Waals surface area contributed by atoms with Crippen molar-refractivity contribution >= 4 is 15.9 Å². The molecule has 0 saturated heterocycles. The Morgan fingerprint density at radius 2 is 1.85 bits per heavy atom. The standard InChI is InChI=1S/C17H20BrNO/c1-2-10-19-12-14-6-5-7-15(11-14)13-20-17-9-4-3-8-16(17)18/h3-9,11,19H,2,10,12-13H2,1H3. The lowest BCUT2D eigenvalue weighted by atomic mass is 10.1. The fourth-order valence-electron chi connectivity index (χ4n) is 1.96. The molecule has 0 radical (unpaired) electrons. The van der Waals surface area contributed by atoms with E-state index in [-0.39, 0.29) is 0 Å². The highest BCUT2D eigenvalue weighted by Crippen LogP contribution is 2.24. The Balaban J connectivity index is 1.93. The van der Waals surface area contributed by atoms with E-state index >= 15 is 0 Å². The first-order valence-electron chi connectivity index (χ1n) is 6.95. The molecule has 0 saturated carbocycles. The lowest BCUT2D eigenvalue weighted by molar-refractivity contribution is 0.304. The topological polar surface area (TPSA) is 21.3 Å². The maximum Gasteiger partial charge on any atom is 0.133 e. The van der Waals surface area contributed by atoms with Gasteiger partial charge in [-0.15, -0.1) is 0 Å². The third-order valence-corrected chi connectivity index (χ3v) is 3.63. The summed E-state index contributed by atoms with van der Waals surface area (Å²) in [4.78, 5) is 0. The van der Waals surface area contributed by atoms with Gasteiger partial charge in [-0.3, -0.25) is 0 Å². The van der Waals surface area contributed by atoms with Gasteiger partial charge < -0.3 is 10.1 Å². The number of ether oxygens (including phenoxy) is 1. The van der Waals surface area contributed by atoms with Crippen LogP contribution in [0.4, 0.5) is 0 Å². The molecule has 3 heteroatoms. The van der Waals surface area contributed by atoms with E-state index in [4.69, 9.17) is 4.74 Å². The number of rotatable bonds is 7. The summed E-state index contributed by atoms with van der Waals surface area (Å²) in [5, 5.41) is 3.41. The molecule has 0 aliphatic rings. The zero-order valence-electron chi connectivity index (χ0n) is 11.7. The molecule has 0 aliphatic heterocycles. The second kappa shape index (κ2) is 8.08. The predicted octanol–water partition coefficient (Wildman–Crippen LogP) is 4.53. The highest BCUT2D eigenvalue weighted by Gasteiger charge is 2.01. The molecule has 0 spiro atoms. The third kappa shape index (κ3) is 4.66. The second-order valence-corrected chi connectivity index (χ2v) is 5.57. The zero-order valence-corrected chi connectivity index (χ0v) is 13.3. The summed E-state index contributed by atoms with van der Waals surface area (Å²) in [5.41, 5.74) is 2.49. The Kier molecular flexibility index (Phi) is 6.09. The first-order valence-corrected chi connectivity index (χ1v) is 7.74. The maximum absolute atomic E-state index is 5.84. The average molecular weight is 334 g/mol. The fourth-order valence-corrected chi connectivity index (χ4v) is 2.36. The molecule has 0 aromatic heterocycles. The van der Waals surface area contributed by atoms with Crippen LogP contribution in [0.3, 0.4) is 0 Å². The minimum Gasteiger partial charge on any atom is -0.488 e. The number of hydrogen-bond donors (Lipinski definition) is 1. The molecule has 0 atom stereocenters. The van der Waals surface area contributed by atoms with E-state index in [1.807, 2.05) is 24.3 Å². The van der Waals surface area contributed by atoms with Crippen molar-refractivity contribution in [3.63, 3.8) is 0 Å². The van der Waals surface area contributed by atoms with Gasteiger partial charge in [-0.2, -0.15) is 0 Å². The Bertz CT molecular complexity index is 542. The molecule has 0 unspecified atom stereocenters. The minimum absolute atomic E-state index is 0.588. The summed E-state index contributed by atoms with van der Waals surface area (Å²) in [6, 6.07) is 16.4. The molecular weight excluding hydrogens is 314 g/mol. The smallest absolute Gasteiger partial charge is 0.133 e. The Morgan fingerprint density at radius 1 is 1.05 bits per heavy atom.